The van der Waals surface area contributed by atoms with E-state index in [0.717, 1.165) is 9.35 Å². The van der Waals surface area contributed by atoms with E-state index in [1.165, 1.54) is 32.1 Å². The molecule has 1 saturated carbocycles. The molecule has 0 radical (unpaired) electrons. The molecule has 2 unspecified atom stereocenters. The summed E-state index contributed by atoms with van der Waals surface area (Å²) in [7, 11) is -1.84. The van der Waals surface area contributed by atoms with Gasteiger partial charge in [-0.2, -0.15) is 0 Å². The first-order valence-corrected chi connectivity index (χ1v) is 13.8. The molecule has 1 aromatic rings. The van der Waals surface area contributed by atoms with Crippen LogP contribution in [0.25, 0.3) is 0 Å². The average molecular weight is 434 g/mol. The summed E-state index contributed by atoms with van der Waals surface area (Å²) >= 11 is 5.21. The normalized spacial score (nSPS) is 20.1. The monoisotopic (exact) mass is 432 g/mol. The van der Waals surface area contributed by atoms with Crippen LogP contribution in [-0.2, 0) is 4.43 Å². The second kappa shape index (κ2) is 8.34. The summed E-state index contributed by atoms with van der Waals surface area (Å²) in [6.45, 7) is 11.5. The number of aliphatic hydroxyl groups excluding tert-OH is 1. The van der Waals surface area contributed by atoms with E-state index >= 15 is 0 Å². The summed E-state index contributed by atoms with van der Waals surface area (Å²) in [5.41, 5.74) is 1.01. The minimum atomic E-state index is -1.84. The molecule has 1 fully saturated rings. The summed E-state index contributed by atoms with van der Waals surface area (Å²) in [6.07, 6.45) is 6.90. The molecule has 1 aliphatic rings. The zero-order valence-electron chi connectivity index (χ0n) is 15.8. The largest absolute Gasteiger partial charge is 0.414 e. The topological polar surface area (TPSA) is 29.5 Å². The molecule has 0 aromatic carbocycles. The van der Waals surface area contributed by atoms with Crippen molar-refractivity contribution in [2.45, 2.75) is 89.6 Å². The predicted octanol–water partition coefficient (Wildman–Crippen LogP) is 6.90. The van der Waals surface area contributed by atoms with Crippen LogP contribution in [0.1, 0.15) is 71.0 Å². The first-order chi connectivity index (χ1) is 11.1. The second-order valence-electron chi connectivity index (χ2n) is 8.72. The fraction of sp³-hybridized carbons (Fsp3) is 0.789. The van der Waals surface area contributed by atoms with Crippen LogP contribution in [0.5, 0.6) is 0 Å². The number of hydrogen-bond donors (Lipinski definition) is 1. The minimum Gasteiger partial charge on any atom is -0.414 e. The SMILES string of the molecule is CC(C)(C)[Si](C)(C)OC(CC(O)c1ccsc1Br)C1CCCCC1. The Hall–Kier alpha value is 0.317. The van der Waals surface area contributed by atoms with Gasteiger partial charge >= 0.3 is 0 Å². The van der Waals surface area contributed by atoms with Crippen LogP contribution < -0.4 is 0 Å². The van der Waals surface area contributed by atoms with Gasteiger partial charge in [0, 0.05) is 12.0 Å². The fourth-order valence-corrected chi connectivity index (χ4v) is 6.08. The summed E-state index contributed by atoms with van der Waals surface area (Å²) in [6, 6.07) is 2.03. The molecule has 1 aliphatic carbocycles. The maximum atomic E-state index is 10.8. The van der Waals surface area contributed by atoms with Gasteiger partial charge in [-0.1, -0.05) is 40.0 Å². The number of hydrogen-bond acceptors (Lipinski definition) is 3. The Balaban J connectivity index is 2.15. The first-order valence-electron chi connectivity index (χ1n) is 9.20. The average Bonchev–Trinajstić information content (AvgIpc) is 2.92. The summed E-state index contributed by atoms with van der Waals surface area (Å²) in [4.78, 5) is 0. The van der Waals surface area contributed by atoms with E-state index in [4.69, 9.17) is 4.43 Å². The van der Waals surface area contributed by atoms with Crippen molar-refractivity contribution >= 4 is 35.6 Å². The number of rotatable bonds is 6. The van der Waals surface area contributed by atoms with E-state index in [0.29, 0.717) is 12.3 Å². The minimum absolute atomic E-state index is 0.174. The maximum Gasteiger partial charge on any atom is 0.192 e. The van der Waals surface area contributed by atoms with Gasteiger partial charge in [0.25, 0.3) is 0 Å². The lowest BCUT2D eigenvalue weighted by Crippen LogP contribution is -2.46. The second-order valence-corrected chi connectivity index (χ2v) is 15.7. The van der Waals surface area contributed by atoms with E-state index in [9.17, 15) is 5.11 Å². The van der Waals surface area contributed by atoms with E-state index in [2.05, 4.69) is 49.8 Å². The molecule has 0 bridgehead atoms. The lowest BCUT2D eigenvalue weighted by Gasteiger charge is -2.43. The molecule has 5 heteroatoms. The highest BCUT2D eigenvalue weighted by atomic mass is 79.9. The highest BCUT2D eigenvalue weighted by molar-refractivity contribution is 9.11. The van der Waals surface area contributed by atoms with Crippen LogP contribution in [0.15, 0.2) is 15.2 Å². The van der Waals surface area contributed by atoms with Crippen molar-refractivity contribution in [3.63, 3.8) is 0 Å². The molecule has 1 N–H and O–H groups in total. The van der Waals surface area contributed by atoms with Crippen LogP contribution in [0, 0.1) is 5.92 Å². The molecule has 0 aliphatic heterocycles. The Labute approximate surface area is 161 Å². The van der Waals surface area contributed by atoms with Crippen LogP contribution >= 0.6 is 27.3 Å². The van der Waals surface area contributed by atoms with Gasteiger partial charge in [0.15, 0.2) is 8.32 Å². The first kappa shape index (κ1) is 20.6. The molecule has 2 atom stereocenters. The molecule has 138 valence electrons. The lowest BCUT2D eigenvalue weighted by molar-refractivity contribution is 0.0379. The van der Waals surface area contributed by atoms with Crippen molar-refractivity contribution in [3.05, 3.63) is 20.8 Å². The van der Waals surface area contributed by atoms with Gasteiger partial charge < -0.3 is 9.53 Å². The van der Waals surface area contributed by atoms with Crippen molar-refractivity contribution < 1.29 is 9.53 Å². The molecule has 24 heavy (non-hydrogen) atoms. The van der Waals surface area contributed by atoms with Crippen molar-refractivity contribution in [2.75, 3.05) is 0 Å². The van der Waals surface area contributed by atoms with Crippen LogP contribution in [0.2, 0.25) is 18.1 Å². The number of thiophene rings is 1. The third kappa shape index (κ3) is 5.16. The van der Waals surface area contributed by atoms with Crippen LogP contribution in [0.4, 0.5) is 0 Å². The van der Waals surface area contributed by atoms with Crippen molar-refractivity contribution in [1.82, 2.24) is 0 Å². The van der Waals surface area contributed by atoms with Crippen molar-refractivity contribution in [2.24, 2.45) is 5.92 Å². The quantitative estimate of drug-likeness (QED) is 0.494. The highest BCUT2D eigenvalue weighted by Crippen LogP contribution is 2.42. The van der Waals surface area contributed by atoms with E-state index in [-0.39, 0.29) is 11.1 Å². The Bertz CT molecular complexity index is 518. The molecule has 0 spiro atoms. The number of halogens is 1. The van der Waals surface area contributed by atoms with Gasteiger partial charge in [0.05, 0.1) is 16.0 Å². The van der Waals surface area contributed by atoms with Gasteiger partial charge in [-0.05, 0) is 64.3 Å². The summed E-state index contributed by atoms with van der Waals surface area (Å²) in [5, 5.41) is 13.0. The van der Waals surface area contributed by atoms with E-state index < -0.39 is 14.4 Å². The molecule has 1 aromatic heterocycles. The Kier molecular flexibility index (Phi) is 7.17. The van der Waals surface area contributed by atoms with Crippen molar-refractivity contribution in [1.29, 1.82) is 0 Å². The van der Waals surface area contributed by atoms with Gasteiger partial charge in [0.2, 0.25) is 0 Å². The van der Waals surface area contributed by atoms with Gasteiger partial charge in [0.1, 0.15) is 0 Å². The maximum absolute atomic E-state index is 10.8. The Morgan fingerprint density at radius 2 is 1.92 bits per heavy atom. The Morgan fingerprint density at radius 3 is 2.42 bits per heavy atom. The number of aliphatic hydroxyl groups is 1. The molecule has 2 rings (SSSR count). The molecule has 0 amide bonds. The lowest BCUT2D eigenvalue weighted by atomic mass is 9.83. The van der Waals surface area contributed by atoms with E-state index in [1.54, 1.807) is 11.3 Å². The third-order valence-corrected chi connectivity index (χ3v) is 12.1. The van der Waals surface area contributed by atoms with Crippen molar-refractivity contribution in [3.8, 4) is 0 Å². The highest BCUT2D eigenvalue weighted by Gasteiger charge is 2.41. The fourth-order valence-electron chi connectivity index (χ4n) is 3.29. The molecular formula is C19H33BrO2SSi. The standard InChI is InChI=1S/C19H33BrO2SSi/c1-19(2,3)24(4,5)22-17(14-9-7-6-8-10-14)13-16(21)15-11-12-23-18(15)20/h11-12,14,16-17,21H,6-10,13H2,1-5H3. The zero-order valence-corrected chi connectivity index (χ0v) is 19.2. The van der Waals surface area contributed by atoms with Gasteiger partial charge in [-0.15, -0.1) is 11.3 Å². The summed E-state index contributed by atoms with van der Waals surface area (Å²) in [5.74, 6) is 0.597. The smallest absolute Gasteiger partial charge is 0.192 e. The third-order valence-electron chi connectivity index (χ3n) is 5.89. The molecule has 1 heterocycles. The zero-order chi connectivity index (χ0) is 18.0. The summed E-state index contributed by atoms with van der Waals surface area (Å²) < 4.78 is 7.86. The molecule has 0 saturated heterocycles. The molecular weight excluding hydrogens is 400 g/mol. The van der Waals surface area contributed by atoms with Gasteiger partial charge in [-0.25, -0.2) is 0 Å². The molecule has 2 nitrogen and oxygen atoms in total. The van der Waals surface area contributed by atoms with Crippen LogP contribution in [-0.4, -0.2) is 19.5 Å². The Morgan fingerprint density at radius 1 is 1.29 bits per heavy atom. The van der Waals surface area contributed by atoms with E-state index in [1.807, 2.05) is 11.4 Å². The van der Waals surface area contributed by atoms with Crippen LogP contribution in [0.3, 0.4) is 0 Å². The van der Waals surface area contributed by atoms with Gasteiger partial charge in [-0.3, -0.25) is 0 Å². The predicted molar refractivity (Wildman–Crippen MR) is 110 cm³/mol.